The number of aromatic nitrogens is 8. The van der Waals surface area contributed by atoms with E-state index in [4.69, 9.17) is 56.4 Å². The summed E-state index contributed by atoms with van der Waals surface area (Å²) in [4.78, 5) is 33.1. The van der Waals surface area contributed by atoms with E-state index in [1.54, 1.807) is 0 Å². The number of rotatable bonds is 9. The van der Waals surface area contributed by atoms with E-state index in [1.165, 1.54) is 32.3 Å². The summed E-state index contributed by atoms with van der Waals surface area (Å²) in [6.07, 6.45) is 0. The van der Waals surface area contributed by atoms with E-state index in [-0.39, 0.29) is 0 Å². The Labute approximate surface area is 791 Å². The normalized spacial score (nSPS) is 12.4. The number of hydrogen-bond donors (Lipinski definition) is 0. The molecule has 646 valence electrons. The molecule has 0 spiro atoms. The van der Waals surface area contributed by atoms with Gasteiger partial charge in [-0.3, -0.25) is 0 Å². The molecule has 0 unspecified atom stereocenters. The first-order valence-electron chi connectivity index (χ1n) is 47.1. The van der Waals surface area contributed by atoms with Crippen LogP contribution < -0.4 is 0 Å². The van der Waals surface area contributed by atoms with Crippen molar-refractivity contribution in [2.75, 3.05) is 0 Å². The molecule has 0 amide bonds. The van der Waals surface area contributed by atoms with Gasteiger partial charge in [0.25, 0.3) is 0 Å². The van der Waals surface area contributed by atoms with Gasteiger partial charge in [-0.25, -0.2) is 29.9 Å². The smallest absolute Gasteiger partial charge is 0.167 e. The monoisotopic (exact) mass is 1790 g/mol. The van der Waals surface area contributed by atoms with Crippen molar-refractivity contribution in [1.29, 1.82) is 0 Å². The van der Waals surface area contributed by atoms with Gasteiger partial charge in [0.2, 0.25) is 0 Å². The second-order valence-corrected chi connectivity index (χ2v) is 36.9. The van der Waals surface area contributed by atoms with Crippen LogP contribution in [0.4, 0.5) is 0 Å². The Hall–Kier alpha value is -19.2. The average molecular weight is 1790 g/mol. The standard InChI is InChI=1S/C126H66N8O6/c1-3-23-70-62-101-95(57-68(70)21-1)112-80-25-6-5-20-67(80)46-53-99(112)133(101)78-49-43-76-60-98(120-117(93(76)65-78)87-30-11-16-39-107(87)140-120)126-131-123(129-124(132-126)91-34-17-31-84-82-26-7-13-36-104(82)138-118(84)91)90-33-19-41-110-115(90)88-52-45-73(64-111(88)137-110)72-44-51-81-74(56-72)47-54-100-113(81)96-58-69-22-2-4-24-71(69)63-102(96)134(100)79-50-42-75-59-97(119-116(92(75)66-79)86-29-10-15-38-106(86)139-119)125-128-121(77-48-55-108-94(61-77)83-27-8-12-35-103(83)135-108)127-122(130-125)89-32-18-40-109-114(89)85-28-9-14-37-105(85)136-109/h1-66H. The Kier molecular flexibility index (Phi) is 15.2. The number of benzene rings is 22. The maximum atomic E-state index is 7.20. The highest BCUT2D eigenvalue weighted by Gasteiger charge is 2.30. The van der Waals surface area contributed by atoms with Gasteiger partial charge in [0.05, 0.1) is 38.8 Å². The van der Waals surface area contributed by atoms with Gasteiger partial charge in [0, 0.05) is 114 Å². The topological polar surface area (TPSA) is 166 Å². The van der Waals surface area contributed by atoms with Gasteiger partial charge in [0.1, 0.15) is 67.0 Å². The third kappa shape index (κ3) is 10.9. The van der Waals surface area contributed by atoms with E-state index in [0.29, 0.717) is 57.3 Å². The second kappa shape index (κ2) is 28.2. The van der Waals surface area contributed by atoms with Crippen LogP contribution in [-0.4, -0.2) is 39.0 Å². The Morgan fingerprint density at radius 2 is 0.514 bits per heavy atom. The third-order valence-corrected chi connectivity index (χ3v) is 29.3. The first-order valence-corrected chi connectivity index (χ1v) is 47.1. The molecule has 0 aliphatic rings. The number of hydrogen-bond acceptors (Lipinski definition) is 12. The molecule has 0 saturated heterocycles. The third-order valence-electron chi connectivity index (χ3n) is 29.3. The lowest BCUT2D eigenvalue weighted by Gasteiger charge is -2.13. The zero-order valence-corrected chi connectivity index (χ0v) is 74.1. The molecule has 0 fully saturated rings. The van der Waals surface area contributed by atoms with E-state index >= 15 is 0 Å². The van der Waals surface area contributed by atoms with Crippen LogP contribution in [0.25, 0.3) is 331 Å². The number of para-hydroxylation sites is 6. The summed E-state index contributed by atoms with van der Waals surface area (Å²) < 4.78 is 46.0. The highest BCUT2D eigenvalue weighted by molar-refractivity contribution is 6.29. The molecular formula is C126H66N8O6. The predicted octanol–water partition coefficient (Wildman–Crippen LogP) is 34.2. The van der Waals surface area contributed by atoms with Crippen LogP contribution in [0.2, 0.25) is 0 Å². The fraction of sp³-hybridized carbons (Fsp3) is 0. The molecule has 0 aliphatic heterocycles. The van der Waals surface area contributed by atoms with E-state index in [1.807, 2.05) is 121 Å². The summed E-state index contributed by atoms with van der Waals surface area (Å²) >= 11 is 0. The van der Waals surface area contributed by atoms with E-state index in [0.717, 1.165) is 241 Å². The predicted molar refractivity (Wildman–Crippen MR) is 569 cm³/mol. The molecule has 0 bridgehead atoms. The summed E-state index contributed by atoms with van der Waals surface area (Å²) in [5.41, 5.74) is 21.9. The number of nitrogens with zero attached hydrogens (tertiary/aromatic N) is 8. The molecule has 0 aliphatic carbocycles. The van der Waals surface area contributed by atoms with Crippen molar-refractivity contribution in [3.63, 3.8) is 0 Å². The van der Waals surface area contributed by atoms with Crippen LogP contribution in [-0.2, 0) is 0 Å². The highest BCUT2D eigenvalue weighted by Crippen LogP contribution is 2.51. The Morgan fingerprint density at radius 3 is 1.09 bits per heavy atom. The van der Waals surface area contributed by atoms with Gasteiger partial charge in [0.15, 0.2) is 34.9 Å². The zero-order valence-electron chi connectivity index (χ0n) is 74.1. The van der Waals surface area contributed by atoms with Crippen LogP contribution in [0.5, 0.6) is 0 Å². The maximum Gasteiger partial charge on any atom is 0.167 e. The highest BCUT2D eigenvalue weighted by atomic mass is 16.3. The lowest BCUT2D eigenvalue weighted by molar-refractivity contribution is 0.668. The summed E-state index contributed by atoms with van der Waals surface area (Å²) in [6, 6.07) is 142. The molecule has 0 N–H and O–H groups in total. The zero-order chi connectivity index (χ0) is 91.0. The molecule has 0 radical (unpaired) electrons. The van der Waals surface area contributed by atoms with Crippen molar-refractivity contribution < 1.29 is 26.5 Å². The summed E-state index contributed by atoms with van der Waals surface area (Å²) in [7, 11) is 0. The van der Waals surface area contributed by atoms with Crippen molar-refractivity contribution >= 4 is 240 Å². The molecule has 32 rings (SSSR count). The molecule has 22 aromatic carbocycles. The van der Waals surface area contributed by atoms with Gasteiger partial charge in [-0.05, 0) is 233 Å². The SMILES string of the molecule is c1ccc2cc3c(cc2c1)c1c2ccccc2ccc1n3-c1ccc2cc(-c3nc(-c4cccc5c4oc4ccccc45)nc(-c4cccc5oc6cc(-c7ccc8c(ccc9c8c8cc%10ccccc%10cc8n9-c8ccc9cc(-c%10nc(-c%11ccc%12oc%13ccccc%13c%12c%11)nc(-c%11cccc%12oc%13ccccc%13c%11%12)n%10)c%10oc%11ccccc%11c%10c9c8)c7)ccc6c45)n3)c3oc4ccccc4c3c2c1. The molecule has 0 saturated carbocycles. The van der Waals surface area contributed by atoms with E-state index in [2.05, 4.69) is 288 Å². The van der Waals surface area contributed by atoms with Crippen LogP contribution in [0.1, 0.15) is 0 Å². The molecule has 14 heteroatoms. The maximum absolute atomic E-state index is 7.20. The fourth-order valence-corrected chi connectivity index (χ4v) is 23.0. The van der Waals surface area contributed by atoms with Gasteiger partial charge >= 0.3 is 0 Å². The van der Waals surface area contributed by atoms with Gasteiger partial charge in [-0.1, -0.05) is 243 Å². The van der Waals surface area contributed by atoms with Gasteiger partial charge < -0.3 is 35.6 Å². The summed E-state index contributed by atoms with van der Waals surface area (Å²) in [5, 5.41) is 29.6. The molecular weight excluding hydrogens is 1720 g/mol. The Bertz CT molecular complexity index is 11200. The number of furan rings is 6. The van der Waals surface area contributed by atoms with Gasteiger partial charge in [-0.15, -0.1) is 0 Å². The van der Waals surface area contributed by atoms with Crippen molar-refractivity contribution in [2.24, 2.45) is 0 Å². The minimum Gasteiger partial charge on any atom is -0.456 e. The summed E-state index contributed by atoms with van der Waals surface area (Å²) in [6.45, 7) is 0. The molecule has 0 atom stereocenters. The molecule has 10 aromatic heterocycles. The largest absolute Gasteiger partial charge is 0.456 e. The van der Waals surface area contributed by atoms with Crippen LogP contribution >= 0.6 is 0 Å². The van der Waals surface area contributed by atoms with Crippen LogP contribution in [0.3, 0.4) is 0 Å². The quantitative estimate of drug-likeness (QED) is 0.134. The minimum atomic E-state index is 0.439. The Morgan fingerprint density at radius 1 is 0.150 bits per heavy atom. The minimum absolute atomic E-state index is 0.439. The molecule has 14 nitrogen and oxygen atoms in total. The second-order valence-electron chi connectivity index (χ2n) is 36.9. The van der Waals surface area contributed by atoms with Crippen molar-refractivity contribution in [3.8, 4) is 90.8 Å². The van der Waals surface area contributed by atoms with Crippen molar-refractivity contribution in [2.45, 2.75) is 0 Å². The first kappa shape index (κ1) is 75.3. The summed E-state index contributed by atoms with van der Waals surface area (Å²) in [5.74, 6) is 2.81. The number of fused-ring (bicyclic) bond motifs is 34. The van der Waals surface area contributed by atoms with E-state index < -0.39 is 0 Å². The molecule has 10 heterocycles. The molecule has 32 aromatic rings. The lowest BCUT2D eigenvalue weighted by Crippen LogP contribution is -2.01. The fourth-order valence-electron chi connectivity index (χ4n) is 23.0. The lowest BCUT2D eigenvalue weighted by atomic mass is 9.97. The van der Waals surface area contributed by atoms with Crippen molar-refractivity contribution in [1.82, 2.24) is 39.0 Å². The van der Waals surface area contributed by atoms with Crippen molar-refractivity contribution in [3.05, 3.63) is 400 Å². The van der Waals surface area contributed by atoms with Gasteiger partial charge in [-0.2, -0.15) is 0 Å². The average Bonchev–Trinajstić information content (AvgIpc) is 1.55. The molecule has 140 heavy (non-hydrogen) atoms. The van der Waals surface area contributed by atoms with E-state index in [9.17, 15) is 0 Å². The van der Waals surface area contributed by atoms with Crippen LogP contribution in [0.15, 0.2) is 427 Å². The van der Waals surface area contributed by atoms with Crippen LogP contribution in [0, 0.1) is 0 Å². The Balaban J connectivity index is 0.533. The first-order chi connectivity index (χ1) is 69.3.